The van der Waals surface area contributed by atoms with Crippen LogP contribution in [-0.4, -0.2) is 26.0 Å². The number of aryl methyl sites for hydroxylation is 2. The monoisotopic (exact) mass is 460 g/mol. The van der Waals surface area contributed by atoms with Crippen LogP contribution < -0.4 is 9.80 Å². The van der Waals surface area contributed by atoms with Crippen molar-refractivity contribution in [3.63, 3.8) is 0 Å². The molecular weight excluding hydrogens is 436 g/mol. The molecule has 2 aliphatic heterocycles. The van der Waals surface area contributed by atoms with Gasteiger partial charge in [0.2, 0.25) is 5.91 Å². The molecular formula is C26H24N2O4S. The summed E-state index contributed by atoms with van der Waals surface area (Å²) in [6, 6.07) is 22.0. The van der Waals surface area contributed by atoms with Crippen LogP contribution in [0.15, 0.2) is 72.8 Å². The normalized spacial score (nSPS) is 21.2. The fraction of sp³-hybridized carbons (Fsp3) is 0.231. The largest absolute Gasteiger partial charge is 0.304 e. The van der Waals surface area contributed by atoms with Gasteiger partial charge in [-0.2, -0.15) is 0 Å². The number of benzene rings is 3. The lowest BCUT2D eigenvalue weighted by molar-refractivity contribution is -0.123. The van der Waals surface area contributed by atoms with Gasteiger partial charge in [0, 0.05) is 11.3 Å². The van der Waals surface area contributed by atoms with Crippen molar-refractivity contribution in [1.29, 1.82) is 0 Å². The van der Waals surface area contributed by atoms with Crippen molar-refractivity contribution >= 4 is 33.0 Å². The minimum absolute atomic E-state index is 0.212. The van der Waals surface area contributed by atoms with Crippen molar-refractivity contribution in [3.8, 4) is 0 Å². The molecule has 2 amide bonds. The summed E-state index contributed by atoms with van der Waals surface area (Å²) >= 11 is 0. The van der Waals surface area contributed by atoms with Gasteiger partial charge in [-0.1, -0.05) is 61.0 Å². The van der Waals surface area contributed by atoms with Crippen LogP contribution in [0.5, 0.6) is 0 Å². The van der Waals surface area contributed by atoms with Crippen LogP contribution in [0.2, 0.25) is 0 Å². The highest BCUT2D eigenvalue weighted by Crippen LogP contribution is 2.53. The first-order chi connectivity index (χ1) is 15.8. The predicted molar refractivity (Wildman–Crippen MR) is 128 cm³/mol. The molecule has 168 valence electrons. The smallest absolute Gasteiger partial charge is 0.274 e. The molecule has 3 aromatic carbocycles. The maximum absolute atomic E-state index is 14.2. The Balaban J connectivity index is 1.77. The van der Waals surface area contributed by atoms with E-state index in [1.54, 1.807) is 30.3 Å². The minimum Gasteiger partial charge on any atom is -0.304 e. The van der Waals surface area contributed by atoms with Gasteiger partial charge >= 0.3 is 0 Å². The molecule has 0 aromatic heterocycles. The molecule has 1 atom stereocenters. The van der Waals surface area contributed by atoms with Gasteiger partial charge in [-0.15, -0.1) is 0 Å². The van der Waals surface area contributed by atoms with Gasteiger partial charge < -0.3 is 4.90 Å². The first-order valence-corrected chi connectivity index (χ1v) is 12.6. The molecule has 0 N–H and O–H groups in total. The maximum atomic E-state index is 14.2. The van der Waals surface area contributed by atoms with E-state index in [1.807, 2.05) is 56.3 Å². The molecule has 3 aromatic rings. The molecule has 0 saturated carbocycles. The van der Waals surface area contributed by atoms with Gasteiger partial charge in [0.15, 0.2) is 9.84 Å². The van der Waals surface area contributed by atoms with Crippen LogP contribution >= 0.6 is 0 Å². The Morgan fingerprint density at radius 2 is 1.64 bits per heavy atom. The van der Waals surface area contributed by atoms with Crippen molar-refractivity contribution in [2.45, 2.75) is 31.7 Å². The first-order valence-electron chi connectivity index (χ1n) is 10.9. The minimum atomic E-state index is -4.17. The molecule has 1 fully saturated rings. The van der Waals surface area contributed by atoms with Crippen LogP contribution in [0.25, 0.3) is 0 Å². The summed E-state index contributed by atoms with van der Waals surface area (Å²) in [5.41, 5.74) is 3.93. The SMILES string of the molecule is CCc1cccc(N2C(=O)CS(=O)(=O)[C@@]23C(=O)N(Cc2ccccc2)c2ccc(C)cc23)c1. The quantitative estimate of drug-likeness (QED) is 0.595. The van der Waals surface area contributed by atoms with Crippen LogP contribution in [0.1, 0.15) is 29.2 Å². The molecule has 33 heavy (non-hydrogen) atoms. The molecule has 0 unspecified atom stereocenters. The van der Waals surface area contributed by atoms with E-state index in [0.717, 1.165) is 23.1 Å². The number of carbonyl (C=O) groups is 2. The van der Waals surface area contributed by atoms with E-state index in [2.05, 4.69) is 0 Å². The number of anilines is 2. The molecule has 0 bridgehead atoms. The van der Waals surface area contributed by atoms with Gasteiger partial charge in [-0.25, -0.2) is 8.42 Å². The Labute approximate surface area is 193 Å². The maximum Gasteiger partial charge on any atom is 0.274 e. The molecule has 0 aliphatic carbocycles. The third kappa shape index (κ3) is 3.03. The van der Waals surface area contributed by atoms with E-state index in [9.17, 15) is 18.0 Å². The van der Waals surface area contributed by atoms with E-state index < -0.39 is 32.3 Å². The fourth-order valence-corrected chi connectivity index (χ4v) is 6.91. The van der Waals surface area contributed by atoms with Gasteiger partial charge in [-0.05, 0) is 48.7 Å². The topological polar surface area (TPSA) is 74.8 Å². The number of amides is 2. The number of hydrogen-bond donors (Lipinski definition) is 0. The first kappa shape index (κ1) is 21.4. The molecule has 5 rings (SSSR count). The average Bonchev–Trinajstić information content (AvgIpc) is 3.16. The van der Waals surface area contributed by atoms with Crippen LogP contribution in [0.4, 0.5) is 11.4 Å². The zero-order valence-electron chi connectivity index (χ0n) is 18.5. The number of rotatable bonds is 4. The summed E-state index contributed by atoms with van der Waals surface area (Å²) in [7, 11) is -4.17. The number of hydrogen-bond acceptors (Lipinski definition) is 4. The van der Waals surface area contributed by atoms with Crippen molar-refractivity contribution < 1.29 is 18.0 Å². The Bertz CT molecular complexity index is 1380. The Kier molecular flexibility index (Phi) is 4.90. The summed E-state index contributed by atoms with van der Waals surface area (Å²) in [5, 5.41) is 0. The van der Waals surface area contributed by atoms with Crippen molar-refractivity contribution in [3.05, 3.63) is 95.1 Å². The van der Waals surface area contributed by atoms with E-state index in [1.165, 1.54) is 9.80 Å². The third-order valence-electron chi connectivity index (χ3n) is 6.43. The second-order valence-corrected chi connectivity index (χ2v) is 10.7. The van der Waals surface area contributed by atoms with Crippen LogP contribution in [0.3, 0.4) is 0 Å². The number of fused-ring (bicyclic) bond motifs is 2. The summed E-state index contributed by atoms with van der Waals surface area (Å²) in [6.45, 7) is 4.05. The summed E-state index contributed by atoms with van der Waals surface area (Å²) in [6.07, 6.45) is 0.722. The Morgan fingerprint density at radius 3 is 2.36 bits per heavy atom. The lowest BCUT2D eigenvalue weighted by atomic mass is 10.0. The summed E-state index contributed by atoms with van der Waals surface area (Å²) in [4.78, 5) is 28.0. The van der Waals surface area contributed by atoms with E-state index in [4.69, 9.17) is 0 Å². The number of sulfone groups is 1. The predicted octanol–water partition coefficient (Wildman–Crippen LogP) is 3.72. The third-order valence-corrected chi connectivity index (χ3v) is 8.54. The number of carbonyl (C=O) groups excluding carboxylic acids is 2. The highest BCUT2D eigenvalue weighted by molar-refractivity contribution is 7.94. The standard InChI is InChI=1S/C26H24N2O4S/c1-3-19-10-7-11-21(15-19)28-24(29)17-33(31,32)26(28)22-14-18(2)12-13-23(22)27(25(26)30)16-20-8-5-4-6-9-20/h4-15H,3,16-17H2,1-2H3/t26-/m0/s1. The molecule has 1 spiro atoms. The van der Waals surface area contributed by atoms with Crippen LogP contribution in [0, 0.1) is 6.92 Å². The summed E-state index contributed by atoms with van der Waals surface area (Å²) in [5.74, 6) is -1.91. The molecule has 0 radical (unpaired) electrons. The average molecular weight is 461 g/mol. The lowest BCUT2D eigenvalue weighted by Gasteiger charge is -2.33. The molecule has 1 saturated heterocycles. The van der Waals surface area contributed by atoms with Crippen molar-refractivity contribution in [1.82, 2.24) is 0 Å². The van der Waals surface area contributed by atoms with Gasteiger partial charge in [0.1, 0.15) is 5.75 Å². The van der Waals surface area contributed by atoms with Gasteiger partial charge in [-0.3, -0.25) is 14.5 Å². The fourth-order valence-electron chi connectivity index (χ4n) is 4.89. The molecule has 2 heterocycles. The zero-order chi connectivity index (χ0) is 23.4. The molecule has 6 nitrogen and oxygen atoms in total. The molecule has 7 heteroatoms. The second kappa shape index (κ2) is 7.56. The van der Waals surface area contributed by atoms with E-state index >= 15 is 0 Å². The lowest BCUT2D eigenvalue weighted by Crippen LogP contribution is -2.54. The highest BCUT2D eigenvalue weighted by Gasteiger charge is 2.69. The van der Waals surface area contributed by atoms with Gasteiger partial charge in [0.05, 0.1) is 12.2 Å². The zero-order valence-corrected chi connectivity index (χ0v) is 19.3. The second-order valence-electron chi connectivity index (χ2n) is 8.55. The van der Waals surface area contributed by atoms with Crippen molar-refractivity contribution in [2.75, 3.05) is 15.6 Å². The van der Waals surface area contributed by atoms with Gasteiger partial charge in [0.25, 0.3) is 10.8 Å². The highest BCUT2D eigenvalue weighted by atomic mass is 32.2. The molecule has 2 aliphatic rings. The van der Waals surface area contributed by atoms with Crippen molar-refractivity contribution in [2.24, 2.45) is 0 Å². The summed E-state index contributed by atoms with van der Waals surface area (Å²) < 4.78 is 27.4. The number of nitrogens with zero attached hydrogens (tertiary/aromatic N) is 2. The van der Waals surface area contributed by atoms with Crippen LogP contribution in [-0.2, 0) is 37.3 Å². The Morgan fingerprint density at radius 1 is 0.909 bits per heavy atom. The van der Waals surface area contributed by atoms with E-state index in [0.29, 0.717) is 16.9 Å². The van der Waals surface area contributed by atoms with E-state index in [-0.39, 0.29) is 6.54 Å². The Hall–Kier alpha value is -3.45.